The summed E-state index contributed by atoms with van der Waals surface area (Å²) in [5.74, 6) is 0.727. The van der Waals surface area contributed by atoms with Gasteiger partial charge in [-0.2, -0.15) is 0 Å². The fraction of sp³-hybridized carbons (Fsp3) is 0. The van der Waals surface area contributed by atoms with Gasteiger partial charge in [-0.05, 0) is 54.6 Å². The number of aromatic nitrogens is 4. The lowest BCUT2D eigenvalue weighted by atomic mass is 10.0. The van der Waals surface area contributed by atoms with E-state index < -0.39 is 0 Å². The predicted molar refractivity (Wildman–Crippen MR) is 214 cm³/mol. The van der Waals surface area contributed by atoms with Gasteiger partial charge >= 0.3 is 0 Å². The zero-order valence-electron chi connectivity index (χ0n) is 27.4. The molecule has 4 heterocycles. The smallest absolute Gasteiger partial charge is 0.161 e. The number of para-hydroxylation sites is 3. The van der Waals surface area contributed by atoms with Gasteiger partial charge in [-0.3, -0.25) is 0 Å². The van der Waals surface area contributed by atoms with E-state index in [9.17, 15) is 0 Å². The summed E-state index contributed by atoms with van der Waals surface area (Å²) in [5.41, 5.74) is 10.9. The zero-order valence-corrected chi connectivity index (χ0v) is 28.2. The predicted octanol–water partition coefficient (Wildman–Crippen LogP) is 12.4. The molecule has 4 aromatic heterocycles. The van der Waals surface area contributed by atoms with Crippen molar-refractivity contribution in [3.63, 3.8) is 0 Å². The van der Waals surface area contributed by atoms with E-state index in [4.69, 9.17) is 9.97 Å². The summed E-state index contributed by atoms with van der Waals surface area (Å²) in [4.78, 5) is 10.8. The van der Waals surface area contributed by atoms with Crippen molar-refractivity contribution in [2.24, 2.45) is 0 Å². The molecule has 0 aliphatic heterocycles. The van der Waals surface area contributed by atoms with E-state index in [0.29, 0.717) is 0 Å². The van der Waals surface area contributed by atoms with Gasteiger partial charge in [-0.1, -0.05) is 115 Å². The Balaban J connectivity index is 1.26. The Kier molecular flexibility index (Phi) is 6.09. The summed E-state index contributed by atoms with van der Waals surface area (Å²) in [5, 5.41) is 5.95. The van der Waals surface area contributed by atoms with E-state index in [2.05, 4.69) is 179 Å². The first kappa shape index (κ1) is 28.3. The third-order valence-electron chi connectivity index (χ3n) is 10.1. The first-order chi connectivity index (χ1) is 25.3. The van der Waals surface area contributed by atoms with Gasteiger partial charge in [0.1, 0.15) is 0 Å². The molecule has 0 spiro atoms. The molecule has 0 N–H and O–H groups in total. The molecule has 0 fully saturated rings. The Labute approximate surface area is 297 Å². The maximum absolute atomic E-state index is 5.41. The number of nitrogens with zero attached hydrogens (tertiary/aromatic N) is 4. The number of hydrogen-bond acceptors (Lipinski definition) is 3. The van der Waals surface area contributed by atoms with Crippen LogP contribution >= 0.6 is 11.3 Å². The van der Waals surface area contributed by atoms with E-state index >= 15 is 0 Å². The van der Waals surface area contributed by atoms with E-state index in [1.807, 2.05) is 0 Å². The van der Waals surface area contributed by atoms with E-state index in [0.717, 1.165) is 71.4 Å². The Morgan fingerprint density at radius 2 is 1.04 bits per heavy atom. The summed E-state index contributed by atoms with van der Waals surface area (Å²) in [7, 11) is 0. The second kappa shape index (κ2) is 11.0. The lowest BCUT2D eigenvalue weighted by Crippen LogP contribution is -1.95. The van der Waals surface area contributed by atoms with Crippen molar-refractivity contribution in [2.45, 2.75) is 0 Å². The van der Waals surface area contributed by atoms with Gasteiger partial charge in [0, 0.05) is 54.1 Å². The maximum Gasteiger partial charge on any atom is 0.161 e. The summed E-state index contributed by atoms with van der Waals surface area (Å²) >= 11 is 1.76. The molecule has 11 rings (SSSR count). The molecule has 7 aromatic carbocycles. The molecule has 11 aromatic rings. The van der Waals surface area contributed by atoms with Crippen molar-refractivity contribution in [3.8, 4) is 34.0 Å². The molecule has 0 unspecified atom stereocenters. The third-order valence-corrected chi connectivity index (χ3v) is 11.3. The zero-order chi connectivity index (χ0) is 33.5. The van der Waals surface area contributed by atoms with Crippen molar-refractivity contribution in [1.82, 2.24) is 19.1 Å². The normalized spacial score (nSPS) is 11.9. The van der Waals surface area contributed by atoms with Crippen LogP contribution in [0, 0.1) is 0 Å². The van der Waals surface area contributed by atoms with Crippen LogP contribution in [0.25, 0.3) is 97.9 Å². The first-order valence-electron chi connectivity index (χ1n) is 17.2. The van der Waals surface area contributed by atoms with Crippen LogP contribution in [0.4, 0.5) is 0 Å². The third kappa shape index (κ3) is 4.19. The number of thiophene rings is 1. The highest BCUT2D eigenvalue weighted by Crippen LogP contribution is 2.43. The summed E-state index contributed by atoms with van der Waals surface area (Å²) < 4.78 is 7.09. The summed E-state index contributed by atoms with van der Waals surface area (Å²) in [6.07, 6.45) is 0. The van der Waals surface area contributed by atoms with Crippen LogP contribution < -0.4 is 0 Å². The Morgan fingerprint density at radius 1 is 0.431 bits per heavy atom. The van der Waals surface area contributed by atoms with Gasteiger partial charge in [0.2, 0.25) is 0 Å². The average Bonchev–Trinajstić information content (AvgIpc) is 3.86. The lowest BCUT2D eigenvalue weighted by Gasteiger charge is -2.10. The maximum atomic E-state index is 5.41. The molecule has 0 amide bonds. The molecule has 238 valence electrons. The van der Waals surface area contributed by atoms with Gasteiger partial charge in [-0.15, -0.1) is 11.3 Å². The molecule has 0 saturated heterocycles. The SMILES string of the molecule is c1ccc(-c2nc(-c3cccc4c3c3cc(-n5c6ccccc6c6ccccc65)ccc3n4-c3ccccc3)nc3c2sc2ccccc23)cc1. The number of rotatable bonds is 4. The average molecular weight is 669 g/mol. The van der Waals surface area contributed by atoms with Crippen molar-refractivity contribution in [3.05, 3.63) is 170 Å². The summed E-state index contributed by atoms with van der Waals surface area (Å²) in [6, 6.07) is 60.6. The first-order valence-corrected chi connectivity index (χ1v) is 18.0. The molecule has 4 nitrogen and oxygen atoms in total. The Bertz CT molecular complexity index is 3080. The highest BCUT2D eigenvalue weighted by Gasteiger charge is 2.22. The van der Waals surface area contributed by atoms with Gasteiger partial charge in [0.25, 0.3) is 0 Å². The van der Waals surface area contributed by atoms with Crippen LogP contribution in [0.3, 0.4) is 0 Å². The standard InChI is InChI=1S/C46H28N4S/c1-3-14-29(15-4-1)43-45-44(34-20-9-12-25-41(34)51-45)48-46(47-43)35-21-13-24-40-42(35)36-28-31(26-27-39(36)49(40)30-16-5-2-6-17-30)50-37-22-10-7-18-32(37)33-19-8-11-23-38(33)50/h1-28H. The van der Waals surface area contributed by atoms with E-state index in [-0.39, 0.29) is 0 Å². The largest absolute Gasteiger partial charge is 0.309 e. The fourth-order valence-corrected chi connectivity index (χ4v) is 9.10. The molecule has 0 saturated carbocycles. The second-order valence-corrected chi connectivity index (χ2v) is 14.0. The summed E-state index contributed by atoms with van der Waals surface area (Å²) in [6.45, 7) is 0. The van der Waals surface area contributed by atoms with Crippen LogP contribution in [0.15, 0.2) is 170 Å². The quantitative estimate of drug-likeness (QED) is 0.187. The Morgan fingerprint density at radius 3 is 1.80 bits per heavy atom. The second-order valence-electron chi connectivity index (χ2n) is 13.0. The van der Waals surface area contributed by atoms with Crippen LogP contribution in [0.5, 0.6) is 0 Å². The molecule has 0 atom stereocenters. The van der Waals surface area contributed by atoms with E-state index in [1.165, 1.54) is 26.5 Å². The minimum atomic E-state index is 0.727. The van der Waals surface area contributed by atoms with E-state index in [1.54, 1.807) is 11.3 Å². The topological polar surface area (TPSA) is 35.6 Å². The molecule has 5 heteroatoms. The Hall–Kier alpha value is -6.56. The number of fused-ring (bicyclic) bond motifs is 9. The van der Waals surface area contributed by atoms with Crippen LogP contribution in [0.1, 0.15) is 0 Å². The van der Waals surface area contributed by atoms with Gasteiger partial charge in [0.15, 0.2) is 5.82 Å². The minimum absolute atomic E-state index is 0.727. The van der Waals surface area contributed by atoms with Gasteiger partial charge in [-0.25, -0.2) is 9.97 Å². The molecule has 0 radical (unpaired) electrons. The van der Waals surface area contributed by atoms with Crippen molar-refractivity contribution >= 4 is 75.3 Å². The molecular weight excluding hydrogens is 641 g/mol. The van der Waals surface area contributed by atoms with Crippen LogP contribution in [-0.2, 0) is 0 Å². The molecule has 51 heavy (non-hydrogen) atoms. The fourth-order valence-electron chi connectivity index (χ4n) is 7.94. The van der Waals surface area contributed by atoms with Crippen LogP contribution in [0.2, 0.25) is 0 Å². The molecule has 0 bridgehead atoms. The van der Waals surface area contributed by atoms with Gasteiger partial charge < -0.3 is 9.13 Å². The number of benzene rings is 7. The monoisotopic (exact) mass is 668 g/mol. The van der Waals surface area contributed by atoms with Crippen molar-refractivity contribution in [2.75, 3.05) is 0 Å². The highest BCUT2D eigenvalue weighted by atomic mass is 32.1. The molecule has 0 aliphatic carbocycles. The van der Waals surface area contributed by atoms with Crippen molar-refractivity contribution < 1.29 is 0 Å². The van der Waals surface area contributed by atoms with Gasteiger partial charge in [0.05, 0.1) is 38.0 Å². The molecular formula is C46H28N4S. The molecule has 0 aliphatic rings. The highest BCUT2D eigenvalue weighted by molar-refractivity contribution is 7.26. The lowest BCUT2D eigenvalue weighted by molar-refractivity contribution is 1.16. The van der Waals surface area contributed by atoms with Crippen molar-refractivity contribution in [1.29, 1.82) is 0 Å². The minimum Gasteiger partial charge on any atom is -0.309 e. The van der Waals surface area contributed by atoms with Crippen LogP contribution in [-0.4, -0.2) is 19.1 Å². The number of hydrogen-bond donors (Lipinski definition) is 0.